The molecule has 2 nitrogen and oxygen atoms in total. The molecule has 0 bridgehead atoms. The summed E-state index contributed by atoms with van der Waals surface area (Å²) in [4.78, 5) is 0. The van der Waals surface area contributed by atoms with Crippen LogP contribution in [0.2, 0.25) is 5.02 Å². The molecule has 0 amide bonds. The second-order valence-electron chi connectivity index (χ2n) is 3.54. The number of hydrogen-bond acceptors (Lipinski definition) is 2. The van der Waals surface area contributed by atoms with Crippen LogP contribution in [0.4, 0.5) is 4.39 Å². The summed E-state index contributed by atoms with van der Waals surface area (Å²) in [6, 6.07) is 2.90. The first-order chi connectivity index (χ1) is 7.06. The van der Waals surface area contributed by atoms with Gasteiger partial charge in [0.15, 0.2) is 0 Å². The number of rotatable bonds is 4. The maximum Gasteiger partial charge on any atom is 0.142 e. The third kappa shape index (κ3) is 3.08. The van der Waals surface area contributed by atoms with Crippen LogP contribution in [0.25, 0.3) is 0 Å². The molecule has 0 aliphatic rings. The highest BCUT2D eigenvalue weighted by molar-refractivity contribution is 6.31. The van der Waals surface area contributed by atoms with Crippen molar-refractivity contribution in [3.05, 3.63) is 28.5 Å². The molecule has 0 aromatic heterocycles. The van der Waals surface area contributed by atoms with Crippen molar-refractivity contribution in [3.8, 4) is 5.75 Å². The molecule has 4 heteroatoms. The van der Waals surface area contributed by atoms with Gasteiger partial charge in [-0.25, -0.2) is 4.39 Å². The van der Waals surface area contributed by atoms with Gasteiger partial charge in [0.2, 0.25) is 0 Å². The first-order valence-corrected chi connectivity index (χ1v) is 5.27. The SMILES string of the molecule is CC(C)Oc1ccc(F)c(Cl)c1CCN. The molecule has 1 aromatic carbocycles. The molecule has 0 aliphatic carbocycles. The standard InChI is InChI=1S/C11H15ClFNO/c1-7(2)15-10-4-3-9(13)11(12)8(10)5-6-14/h3-4,7H,5-6,14H2,1-2H3. The molecule has 0 spiro atoms. The highest BCUT2D eigenvalue weighted by Gasteiger charge is 2.13. The van der Waals surface area contributed by atoms with Gasteiger partial charge in [-0.1, -0.05) is 11.6 Å². The molecule has 84 valence electrons. The van der Waals surface area contributed by atoms with E-state index in [9.17, 15) is 4.39 Å². The Morgan fingerprint density at radius 3 is 2.67 bits per heavy atom. The number of hydrogen-bond donors (Lipinski definition) is 1. The summed E-state index contributed by atoms with van der Waals surface area (Å²) in [6.45, 7) is 4.23. The number of nitrogens with two attached hydrogens (primary N) is 1. The van der Waals surface area contributed by atoms with Gasteiger partial charge >= 0.3 is 0 Å². The van der Waals surface area contributed by atoms with E-state index in [-0.39, 0.29) is 11.1 Å². The quantitative estimate of drug-likeness (QED) is 0.865. The Kier molecular flexibility index (Phi) is 4.36. The molecule has 0 radical (unpaired) electrons. The van der Waals surface area contributed by atoms with Crippen molar-refractivity contribution in [2.24, 2.45) is 5.73 Å². The molecular weight excluding hydrogens is 217 g/mol. The average Bonchev–Trinajstić information content (AvgIpc) is 2.17. The lowest BCUT2D eigenvalue weighted by molar-refractivity contribution is 0.239. The van der Waals surface area contributed by atoms with E-state index in [2.05, 4.69) is 0 Å². The van der Waals surface area contributed by atoms with Crippen LogP contribution in [0.3, 0.4) is 0 Å². The van der Waals surface area contributed by atoms with E-state index in [0.29, 0.717) is 24.3 Å². The predicted octanol–water partition coefficient (Wildman–Crippen LogP) is 2.77. The minimum atomic E-state index is -0.434. The van der Waals surface area contributed by atoms with Crippen LogP contribution in [-0.2, 0) is 6.42 Å². The minimum absolute atomic E-state index is 0.0306. The lowest BCUT2D eigenvalue weighted by atomic mass is 10.1. The van der Waals surface area contributed by atoms with E-state index in [1.165, 1.54) is 6.07 Å². The minimum Gasteiger partial charge on any atom is -0.491 e. The van der Waals surface area contributed by atoms with Gasteiger partial charge in [0.25, 0.3) is 0 Å². The Labute approximate surface area is 94.2 Å². The van der Waals surface area contributed by atoms with Crippen molar-refractivity contribution in [2.75, 3.05) is 6.54 Å². The van der Waals surface area contributed by atoms with Gasteiger partial charge in [-0.2, -0.15) is 0 Å². The van der Waals surface area contributed by atoms with E-state index < -0.39 is 5.82 Å². The van der Waals surface area contributed by atoms with Crippen LogP contribution in [0.15, 0.2) is 12.1 Å². The zero-order chi connectivity index (χ0) is 11.4. The topological polar surface area (TPSA) is 35.2 Å². The molecule has 15 heavy (non-hydrogen) atoms. The van der Waals surface area contributed by atoms with Crippen LogP contribution in [-0.4, -0.2) is 12.6 Å². The van der Waals surface area contributed by atoms with Crippen LogP contribution in [0.5, 0.6) is 5.75 Å². The Balaban J connectivity index is 3.08. The second kappa shape index (κ2) is 5.33. The van der Waals surface area contributed by atoms with Crippen molar-refractivity contribution in [2.45, 2.75) is 26.4 Å². The molecule has 0 aliphatic heterocycles. The van der Waals surface area contributed by atoms with Crippen molar-refractivity contribution >= 4 is 11.6 Å². The molecule has 0 fully saturated rings. The fourth-order valence-electron chi connectivity index (χ4n) is 1.32. The smallest absolute Gasteiger partial charge is 0.142 e. The van der Waals surface area contributed by atoms with Gasteiger partial charge in [0.05, 0.1) is 11.1 Å². The van der Waals surface area contributed by atoms with Gasteiger partial charge in [0.1, 0.15) is 11.6 Å². The van der Waals surface area contributed by atoms with Crippen molar-refractivity contribution in [1.82, 2.24) is 0 Å². The van der Waals surface area contributed by atoms with Gasteiger partial charge in [-0.15, -0.1) is 0 Å². The zero-order valence-electron chi connectivity index (χ0n) is 8.89. The highest BCUT2D eigenvalue weighted by Crippen LogP contribution is 2.30. The number of halogens is 2. The van der Waals surface area contributed by atoms with E-state index >= 15 is 0 Å². The van der Waals surface area contributed by atoms with Crippen LogP contribution in [0.1, 0.15) is 19.4 Å². The van der Waals surface area contributed by atoms with E-state index in [1.807, 2.05) is 13.8 Å². The zero-order valence-corrected chi connectivity index (χ0v) is 9.64. The number of benzene rings is 1. The van der Waals surface area contributed by atoms with Crippen LogP contribution in [0, 0.1) is 5.82 Å². The molecule has 0 saturated heterocycles. The predicted molar refractivity (Wildman–Crippen MR) is 59.9 cm³/mol. The first kappa shape index (κ1) is 12.3. The van der Waals surface area contributed by atoms with E-state index in [0.717, 1.165) is 0 Å². The summed E-state index contributed by atoms with van der Waals surface area (Å²) in [7, 11) is 0. The fraction of sp³-hybridized carbons (Fsp3) is 0.455. The Hall–Kier alpha value is -0.800. The molecule has 2 N–H and O–H groups in total. The monoisotopic (exact) mass is 231 g/mol. The summed E-state index contributed by atoms with van der Waals surface area (Å²) < 4.78 is 18.7. The molecule has 0 atom stereocenters. The van der Waals surface area contributed by atoms with E-state index in [4.69, 9.17) is 22.1 Å². The van der Waals surface area contributed by atoms with Gasteiger partial charge in [-0.3, -0.25) is 0 Å². The van der Waals surface area contributed by atoms with Crippen molar-refractivity contribution < 1.29 is 9.13 Å². The summed E-state index contributed by atoms with van der Waals surface area (Å²) in [5, 5.41) is 0.110. The molecule has 1 rings (SSSR count). The first-order valence-electron chi connectivity index (χ1n) is 4.89. The Morgan fingerprint density at radius 2 is 2.13 bits per heavy atom. The Morgan fingerprint density at radius 1 is 1.47 bits per heavy atom. The molecular formula is C11H15ClFNO. The van der Waals surface area contributed by atoms with Gasteiger partial charge in [-0.05, 0) is 38.9 Å². The second-order valence-corrected chi connectivity index (χ2v) is 3.92. The summed E-state index contributed by atoms with van der Waals surface area (Å²) in [5.41, 5.74) is 6.09. The lowest BCUT2D eigenvalue weighted by Gasteiger charge is -2.15. The van der Waals surface area contributed by atoms with Crippen molar-refractivity contribution in [1.29, 1.82) is 0 Å². The fourth-order valence-corrected chi connectivity index (χ4v) is 1.57. The Bertz CT molecular complexity index is 342. The lowest BCUT2D eigenvalue weighted by Crippen LogP contribution is -2.11. The normalized spacial score (nSPS) is 10.8. The number of ether oxygens (including phenoxy) is 1. The van der Waals surface area contributed by atoms with Gasteiger partial charge in [0, 0.05) is 5.56 Å². The van der Waals surface area contributed by atoms with Crippen LogP contribution >= 0.6 is 11.6 Å². The summed E-state index contributed by atoms with van der Waals surface area (Å²) in [6.07, 6.45) is 0.543. The third-order valence-corrected chi connectivity index (χ3v) is 2.32. The summed E-state index contributed by atoms with van der Waals surface area (Å²) >= 11 is 5.85. The maximum atomic E-state index is 13.2. The summed E-state index contributed by atoms with van der Waals surface area (Å²) in [5.74, 6) is 0.179. The molecule has 0 unspecified atom stereocenters. The molecule has 0 saturated carbocycles. The third-order valence-electron chi connectivity index (χ3n) is 1.91. The maximum absolute atomic E-state index is 13.2. The largest absolute Gasteiger partial charge is 0.491 e. The van der Waals surface area contributed by atoms with E-state index in [1.54, 1.807) is 6.07 Å². The molecule has 0 heterocycles. The molecule has 1 aromatic rings. The van der Waals surface area contributed by atoms with Crippen LogP contribution < -0.4 is 10.5 Å². The van der Waals surface area contributed by atoms with Crippen molar-refractivity contribution in [3.63, 3.8) is 0 Å². The van der Waals surface area contributed by atoms with Gasteiger partial charge < -0.3 is 10.5 Å². The highest BCUT2D eigenvalue weighted by atomic mass is 35.5. The average molecular weight is 232 g/mol.